The number of halogens is 1. The van der Waals surface area contributed by atoms with Gasteiger partial charge >= 0.3 is 0 Å². The number of benzene rings is 1. The maximum atomic E-state index is 12.8. The van der Waals surface area contributed by atoms with Crippen LogP contribution in [0.15, 0.2) is 48.7 Å². The maximum absolute atomic E-state index is 12.8. The molecule has 2 fully saturated rings. The predicted molar refractivity (Wildman–Crippen MR) is 106 cm³/mol. The van der Waals surface area contributed by atoms with Crippen molar-refractivity contribution in [3.05, 3.63) is 64.9 Å². The zero-order valence-electron chi connectivity index (χ0n) is 15.3. The van der Waals surface area contributed by atoms with Gasteiger partial charge in [0.2, 0.25) is 5.91 Å². The van der Waals surface area contributed by atoms with E-state index in [1.165, 1.54) is 0 Å². The van der Waals surface area contributed by atoms with Crippen LogP contribution >= 0.6 is 11.6 Å². The molecule has 2 saturated heterocycles. The van der Waals surface area contributed by atoms with Crippen LogP contribution in [-0.4, -0.2) is 58.8 Å². The summed E-state index contributed by atoms with van der Waals surface area (Å²) in [6, 6.07) is 12.4. The first-order valence-corrected chi connectivity index (χ1v) is 9.75. The van der Waals surface area contributed by atoms with Crippen LogP contribution in [0.1, 0.15) is 28.5 Å². The lowest BCUT2D eigenvalue weighted by Crippen LogP contribution is -2.54. The molecule has 2 aliphatic heterocycles. The minimum atomic E-state index is -0.287. The zero-order chi connectivity index (χ0) is 19.5. The van der Waals surface area contributed by atoms with Gasteiger partial charge in [0.05, 0.1) is 11.7 Å². The number of hydrogen-bond acceptors (Lipinski definition) is 5. The average molecular weight is 400 g/mol. The van der Waals surface area contributed by atoms with Crippen LogP contribution < -0.4 is 10.9 Å². The summed E-state index contributed by atoms with van der Waals surface area (Å²) in [5, 5.41) is 0.605. The fourth-order valence-corrected chi connectivity index (χ4v) is 3.75. The van der Waals surface area contributed by atoms with Crippen molar-refractivity contribution in [3.63, 3.8) is 0 Å². The summed E-state index contributed by atoms with van der Waals surface area (Å²) < 4.78 is 0. The molecule has 3 heterocycles. The molecule has 2 aromatic rings. The Morgan fingerprint density at radius 3 is 2.36 bits per heavy atom. The third kappa shape index (κ3) is 4.01. The molecule has 0 aliphatic carbocycles. The molecule has 0 radical (unpaired) electrons. The number of carbonyl (C=O) groups excluding carboxylic acids is 2. The fraction of sp³-hybridized carbons (Fsp3) is 0.350. The Morgan fingerprint density at radius 2 is 1.68 bits per heavy atom. The van der Waals surface area contributed by atoms with Crippen LogP contribution in [0, 0.1) is 0 Å². The summed E-state index contributed by atoms with van der Waals surface area (Å²) in [7, 11) is 0. The van der Waals surface area contributed by atoms with Gasteiger partial charge in [-0.1, -0.05) is 17.7 Å². The molecule has 28 heavy (non-hydrogen) atoms. The first kappa shape index (κ1) is 18.9. The van der Waals surface area contributed by atoms with E-state index in [9.17, 15) is 9.59 Å². The lowest BCUT2D eigenvalue weighted by Gasteiger charge is -2.36. The number of carbonyl (C=O) groups is 2. The van der Waals surface area contributed by atoms with Gasteiger partial charge in [-0.25, -0.2) is 10.9 Å². The van der Waals surface area contributed by atoms with E-state index >= 15 is 0 Å². The van der Waals surface area contributed by atoms with E-state index in [0.29, 0.717) is 43.2 Å². The topological polar surface area (TPSA) is 77.6 Å². The summed E-state index contributed by atoms with van der Waals surface area (Å²) in [5.41, 5.74) is 7.79. The van der Waals surface area contributed by atoms with Gasteiger partial charge in [0.25, 0.3) is 5.91 Å². The van der Waals surface area contributed by atoms with Gasteiger partial charge in [-0.3, -0.25) is 14.6 Å². The molecule has 2 unspecified atom stereocenters. The summed E-state index contributed by atoms with van der Waals surface area (Å²) in [6.07, 6.45) is 2.41. The second-order valence-electron chi connectivity index (χ2n) is 7.01. The van der Waals surface area contributed by atoms with E-state index in [2.05, 4.69) is 15.8 Å². The van der Waals surface area contributed by atoms with Crippen molar-refractivity contribution in [3.8, 4) is 0 Å². The van der Waals surface area contributed by atoms with Gasteiger partial charge < -0.3 is 9.80 Å². The van der Waals surface area contributed by atoms with Crippen molar-refractivity contribution in [2.24, 2.45) is 0 Å². The van der Waals surface area contributed by atoms with E-state index < -0.39 is 0 Å². The molecular formula is C20H22ClN5O2. The minimum absolute atomic E-state index is 0.0166. The molecule has 0 spiro atoms. The predicted octanol–water partition coefficient (Wildman–Crippen LogP) is 1.63. The molecule has 1 aromatic carbocycles. The molecule has 2 atom stereocenters. The van der Waals surface area contributed by atoms with Crippen LogP contribution in [0.2, 0.25) is 5.02 Å². The van der Waals surface area contributed by atoms with E-state index in [1.807, 2.05) is 23.1 Å². The lowest BCUT2D eigenvalue weighted by atomic mass is 10.1. The van der Waals surface area contributed by atoms with Crippen molar-refractivity contribution in [1.29, 1.82) is 0 Å². The van der Waals surface area contributed by atoms with E-state index in [-0.39, 0.29) is 23.9 Å². The Morgan fingerprint density at radius 1 is 0.964 bits per heavy atom. The average Bonchev–Trinajstić information content (AvgIpc) is 3.24. The Kier molecular flexibility index (Phi) is 5.57. The Hall–Kier alpha value is -2.48. The van der Waals surface area contributed by atoms with Gasteiger partial charge in [0.15, 0.2) is 0 Å². The highest BCUT2D eigenvalue weighted by Gasteiger charge is 2.35. The first-order chi connectivity index (χ1) is 13.6. The van der Waals surface area contributed by atoms with Crippen molar-refractivity contribution < 1.29 is 9.59 Å². The molecule has 146 valence electrons. The maximum Gasteiger partial charge on any atom is 0.253 e. The summed E-state index contributed by atoms with van der Waals surface area (Å²) >= 11 is 5.88. The number of aromatic nitrogens is 1. The lowest BCUT2D eigenvalue weighted by molar-refractivity contribution is -0.134. The highest BCUT2D eigenvalue weighted by atomic mass is 35.5. The zero-order valence-corrected chi connectivity index (χ0v) is 16.1. The van der Waals surface area contributed by atoms with Crippen LogP contribution in [0.3, 0.4) is 0 Å². The largest absolute Gasteiger partial charge is 0.338 e. The van der Waals surface area contributed by atoms with E-state index in [4.69, 9.17) is 11.6 Å². The third-order valence-electron chi connectivity index (χ3n) is 5.22. The fourth-order valence-electron chi connectivity index (χ4n) is 3.62. The number of nitrogens with one attached hydrogen (secondary N) is 2. The monoisotopic (exact) mass is 399 g/mol. The van der Waals surface area contributed by atoms with Gasteiger partial charge in [0.1, 0.15) is 6.04 Å². The van der Waals surface area contributed by atoms with Gasteiger partial charge in [-0.15, -0.1) is 0 Å². The molecule has 0 bridgehead atoms. The second kappa shape index (κ2) is 8.26. The molecule has 2 amide bonds. The number of hydrogen-bond donors (Lipinski definition) is 2. The molecule has 0 saturated carbocycles. The van der Waals surface area contributed by atoms with Crippen molar-refractivity contribution in [2.75, 3.05) is 26.2 Å². The molecule has 1 aromatic heterocycles. The minimum Gasteiger partial charge on any atom is -0.338 e. The number of hydrazine groups is 1. The normalized spacial score (nSPS) is 22.3. The molecule has 2 N–H and O–H groups in total. The molecular weight excluding hydrogens is 378 g/mol. The summed E-state index contributed by atoms with van der Waals surface area (Å²) in [5.74, 6) is 0.0316. The highest BCUT2D eigenvalue weighted by molar-refractivity contribution is 6.30. The second-order valence-corrected chi connectivity index (χ2v) is 7.44. The summed E-state index contributed by atoms with van der Waals surface area (Å²) in [4.78, 5) is 33.4. The van der Waals surface area contributed by atoms with Gasteiger partial charge in [-0.05, 0) is 42.8 Å². The third-order valence-corrected chi connectivity index (χ3v) is 5.47. The molecule has 8 heteroatoms. The quantitative estimate of drug-likeness (QED) is 0.820. The molecule has 2 aliphatic rings. The van der Waals surface area contributed by atoms with Gasteiger partial charge in [0, 0.05) is 43.0 Å². The van der Waals surface area contributed by atoms with E-state index in [0.717, 1.165) is 5.69 Å². The number of rotatable bonds is 3. The number of amides is 2. The highest BCUT2D eigenvalue weighted by Crippen LogP contribution is 2.22. The molecule has 7 nitrogen and oxygen atoms in total. The number of pyridine rings is 1. The van der Waals surface area contributed by atoms with Crippen molar-refractivity contribution in [2.45, 2.75) is 18.5 Å². The van der Waals surface area contributed by atoms with Crippen LogP contribution in [-0.2, 0) is 4.79 Å². The van der Waals surface area contributed by atoms with Crippen molar-refractivity contribution >= 4 is 23.4 Å². The Labute approximate surface area is 168 Å². The molecule has 4 rings (SSSR count). The van der Waals surface area contributed by atoms with E-state index in [1.54, 1.807) is 35.4 Å². The summed E-state index contributed by atoms with van der Waals surface area (Å²) in [6.45, 7) is 2.11. The number of piperazine rings is 1. The van der Waals surface area contributed by atoms with Crippen LogP contribution in [0.25, 0.3) is 0 Å². The smallest absolute Gasteiger partial charge is 0.253 e. The SMILES string of the molecule is O=C(c1ccc(Cl)cc1)N1CCN(C(=O)C2CC(c3ccccn3)NN2)CC1. The Balaban J connectivity index is 1.31. The first-order valence-electron chi connectivity index (χ1n) is 9.37. The van der Waals surface area contributed by atoms with Crippen LogP contribution in [0.4, 0.5) is 0 Å². The van der Waals surface area contributed by atoms with Crippen LogP contribution in [0.5, 0.6) is 0 Å². The van der Waals surface area contributed by atoms with Gasteiger partial charge in [-0.2, -0.15) is 0 Å². The number of nitrogens with zero attached hydrogens (tertiary/aromatic N) is 3. The standard InChI is InChI=1S/C20H22ClN5O2/c21-15-6-4-14(5-7-15)19(27)25-9-11-26(12-10-25)20(28)18-13-17(23-24-18)16-3-1-2-8-22-16/h1-8,17-18,23-24H,9-13H2. The Bertz CT molecular complexity index is 837. The van der Waals surface area contributed by atoms with Crippen molar-refractivity contribution in [1.82, 2.24) is 25.6 Å².